The van der Waals surface area contributed by atoms with E-state index in [1.54, 1.807) is 162 Å². The maximum Gasteiger partial charge on any atom is 0.377 e. The van der Waals surface area contributed by atoms with Crippen LogP contribution in [0, 0.1) is 0 Å². The van der Waals surface area contributed by atoms with Crippen LogP contribution >= 0.6 is 22.7 Å². The molecule has 11 aromatic rings. The highest BCUT2D eigenvalue weighted by atomic mass is 32.1. The number of hydrogen-bond acceptors (Lipinski definition) is 39. The molecule has 0 aliphatic carbocycles. The summed E-state index contributed by atoms with van der Waals surface area (Å²) in [6, 6.07) is 36.3. The fourth-order valence-corrected chi connectivity index (χ4v) is 14.1. The zero-order valence-electron chi connectivity index (χ0n) is 90.7. The van der Waals surface area contributed by atoms with Crippen molar-refractivity contribution in [2.24, 2.45) is 14.1 Å². The number of thiazole rings is 2. The van der Waals surface area contributed by atoms with Gasteiger partial charge in [-0.1, -0.05) is 74.0 Å². The van der Waals surface area contributed by atoms with Crippen molar-refractivity contribution in [2.75, 3.05) is 196 Å². The Hall–Kier alpha value is -15.1. The maximum atomic E-state index is 11.9. The number of pyridine rings is 2. The van der Waals surface area contributed by atoms with E-state index >= 15 is 0 Å². The number of amides is 1. The zero-order chi connectivity index (χ0) is 111. The van der Waals surface area contributed by atoms with Crippen molar-refractivity contribution in [3.8, 4) is 0 Å². The standard InChI is InChI=1S/C12H15NO2.C11H19N3OS.C11H15NO2.C11H14O2.C10H14N2O2.C10H13NO2.C9H14N2O2.C8H13N3O2.C8H12N2O2S.C8H12N2O2.C7H10N2O3/c1-13-6-5-9-3-4-10(12(14)15-2)7-11(9)8-13;1-5-6-7-8-9(10(15)14(3)4)16-11(12-2)13-8;1-4-14-11(13)9-6-5-7-10(8-9)12(2)3;1-3-9-6-5-7-10(8-9)11(12)13-4-2;1-11-9(7-10(13)14-2)8-5-3-4-6-12-8;1-3-9-7-8(5-6-11-9)10(12)13-4-2;1-4-11-6-7(10-2)5-8(11)9(12)13-3;1-4-13-8(12)6-5-7(9-2)10-11(6)3;1-3-12-7(11)4-6-5-13-8(9-2)10-6;1-9-6-4-7(8(11)12-3)10(2)5-6;1-3-11-7(10)5-4-6(8-2)9-12-5/h3-4,7H,5-6,8H2,1-2H3;5-7H2,1-4H3,(H,12,13);5-8H,4H2,1-3H3;5-8H,3-4H2,1-2H3;3-6,9,11H,7H2,1-2H3;5-7H,3-4H2,1-2H3;5-6,10H,4H2,1-3H3;5H,4H2,1-3H3,(H,9,10);5H,3-4H2,1-2H3,(H,9,10);4-5,9H,1-3H3;4H,3H2,1-2H3,(H,8,9). The quantitative estimate of drug-likeness (QED) is 0.0145. The van der Waals surface area contributed by atoms with Gasteiger partial charge in [-0.15, -0.1) is 11.3 Å². The second kappa shape index (κ2) is 73.0. The molecule has 0 saturated carbocycles. The molecule has 810 valence electrons. The maximum absolute atomic E-state index is 11.9. The molecule has 0 spiro atoms. The van der Waals surface area contributed by atoms with E-state index in [4.69, 9.17) is 28.4 Å². The highest BCUT2D eigenvalue weighted by molar-refractivity contribution is 7.17. The summed E-state index contributed by atoms with van der Waals surface area (Å²) >= 11 is 2.91. The molecule has 43 heteroatoms. The van der Waals surface area contributed by atoms with Crippen LogP contribution < -0.4 is 42.1 Å². The highest BCUT2D eigenvalue weighted by Crippen LogP contribution is 2.27. The number of methoxy groups -OCH3 is 4. The van der Waals surface area contributed by atoms with E-state index in [-0.39, 0.29) is 77.9 Å². The van der Waals surface area contributed by atoms with Crippen LogP contribution in [0.15, 0.2) is 156 Å². The Bertz CT molecular complexity index is 5750. The number of esters is 10. The molecule has 41 nitrogen and oxygen atoms in total. The van der Waals surface area contributed by atoms with E-state index in [0.717, 1.165) is 119 Å². The number of rotatable bonds is 34. The van der Waals surface area contributed by atoms with Crippen molar-refractivity contribution in [3.63, 3.8) is 0 Å². The van der Waals surface area contributed by atoms with Crippen molar-refractivity contribution in [1.82, 2.24) is 59.1 Å². The molecular formula is C105H151N19O22S2. The van der Waals surface area contributed by atoms with Gasteiger partial charge in [0.25, 0.3) is 5.91 Å². The van der Waals surface area contributed by atoms with E-state index in [2.05, 4.69) is 117 Å². The van der Waals surface area contributed by atoms with Crippen LogP contribution in [0.3, 0.4) is 0 Å². The number of benzene rings is 3. The molecule has 0 saturated heterocycles. The van der Waals surface area contributed by atoms with Gasteiger partial charge in [0.15, 0.2) is 16.1 Å². The fourth-order valence-electron chi connectivity index (χ4n) is 12.5. The minimum absolute atomic E-state index is 0.0464. The summed E-state index contributed by atoms with van der Waals surface area (Å²) in [5.41, 5.74) is 14.0. The van der Waals surface area contributed by atoms with E-state index in [1.165, 1.54) is 73.0 Å². The summed E-state index contributed by atoms with van der Waals surface area (Å²) in [5, 5.41) is 31.5. The van der Waals surface area contributed by atoms with E-state index in [0.29, 0.717) is 97.0 Å². The SMILES string of the molecule is CCCCc1nc(NC)sc1C(=O)N(C)C.CCOC(=O)Cc1csc(NC)n1.CCOC(=O)c1cc(NC)nn1C.CCOC(=O)c1cc(NC)no1.CCOC(=O)c1cccc(CC)c1.CCOC(=O)c1cccc(N(C)C)c1.CCOC(=O)c1ccnc(CC)c1.CCn1cc(NC)cc1C(=O)OC.CNC(CC(=O)OC)c1ccccn1.CNc1cc(C(=O)OC)n(C)c1.COC(=O)c1ccc2c(c1)CN(C)CC2. The van der Waals surface area contributed by atoms with Crippen LogP contribution in [0.5, 0.6) is 0 Å². The largest absolute Gasteiger partial charge is 0.469 e. The van der Waals surface area contributed by atoms with Gasteiger partial charge in [-0.2, -0.15) is 5.10 Å². The number of nitrogens with zero attached hydrogens (tertiary/aromatic N) is 12. The van der Waals surface area contributed by atoms with Crippen molar-refractivity contribution in [1.29, 1.82) is 0 Å². The number of aromatic nitrogens is 9. The third-order valence-corrected chi connectivity index (χ3v) is 22.4. The Morgan fingerprint density at radius 3 is 1.57 bits per heavy atom. The molecule has 3 aromatic carbocycles. The first kappa shape index (κ1) is 129. The molecule has 1 atom stereocenters. The number of unbranched alkanes of at least 4 members (excludes halogenated alkanes) is 1. The van der Waals surface area contributed by atoms with Crippen molar-refractivity contribution >= 4 is 127 Å². The molecule has 7 N–H and O–H groups in total. The molecule has 0 fully saturated rings. The third-order valence-electron chi connectivity index (χ3n) is 20.4. The Balaban J connectivity index is 0.000000551. The minimum atomic E-state index is -0.494. The zero-order valence-corrected chi connectivity index (χ0v) is 92.3. The van der Waals surface area contributed by atoms with Crippen LogP contribution in [-0.2, 0) is 116 Å². The van der Waals surface area contributed by atoms with E-state index < -0.39 is 5.97 Å². The highest BCUT2D eigenvalue weighted by Gasteiger charge is 2.23. The lowest BCUT2D eigenvalue weighted by molar-refractivity contribution is -0.142. The number of ether oxygens (including phenoxy) is 10. The number of aryl methyl sites for hydroxylation is 6. The second-order valence-corrected chi connectivity index (χ2v) is 33.1. The first-order valence-electron chi connectivity index (χ1n) is 48.0. The Kier molecular flexibility index (Phi) is 63.6. The van der Waals surface area contributed by atoms with Gasteiger partial charge in [0.05, 0.1) is 138 Å². The number of carbonyl (C=O) groups excluding carboxylic acids is 11. The van der Waals surface area contributed by atoms with Crippen molar-refractivity contribution in [3.05, 3.63) is 241 Å². The lowest BCUT2D eigenvalue weighted by Gasteiger charge is -2.25. The average molecular weight is 2100 g/mol. The summed E-state index contributed by atoms with van der Waals surface area (Å²) in [5.74, 6) is -1.65. The van der Waals surface area contributed by atoms with Gasteiger partial charge in [0, 0.05) is 158 Å². The average Bonchev–Trinajstić information content (AvgIpc) is 1.50. The molecule has 12 rings (SSSR count). The van der Waals surface area contributed by atoms with Gasteiger partial charge in [0.2, 0.25) is 5.76 Å². The van der Waals surface area contributed by atoms with E-state index in [1.807, 2.05) is 149 Å². The topological polar surface area (TPSA) is 479 Å². The Morgan fingerprint density at radius 2 is 1.06 bits per heavy atom. The molecule has 1 aliphatic heterocycles. The van der Waals surface area contributed by atoms with Crippen LogP contribution in [0.4, 0.5) is 39.0 Å². The number of nitrogens with one attached hydrogen (secondary N) is 7. The molecule has 8 aromatic heterocycles. The Labute approximate surface area is 876 Å². The number of hydrogen-bond donors (Lipinski definition) is 7. The molecule has 1 aliphatic rings. The number of anilines is 7. The smallest absolute Gasteiger partial charge is 0.377 e. The van der Waals surface area contributed by atoms with Crippen LogP contribution in [-0.4, -0.2) is 279 Å². The summed E-state index contributed by atoms with van der Waals surface area (Å²) in [6.07, 6.45) is 13.5. The fraction of sp³-hybridized carbons (Fsp3) is 0.438. The molecule has 9 heterocycles. The number of likely N-dealkylation sites (N-methyl/N-ethyl adjacent to an activating group) is 1. The van der Waals surface area contributed by atoms with Gasteiger partial charge < -0.3 is 113 Å². The number of carbonyl (C=O) groups is 11. The summed E-state index contributed by atoms with van der Waals surface area (Å²) in [6.45, 7) is 24.0. The van der Waals surface area contributed by atoms with Crippen molar-refractivity contribution in [2.45, 2.75) is 140 Å². The van der Waals surface area contributed by atoms with Crippen LogP contribution in [0.25, 0.3) is 0 Å². The van der Waals surface area contributed by atoms with E-state index in [9.17, 15) is 52.7 Å². The first-order valence-corrected chi connectivity index (χ1v) is 49.7. The van der Waals surface area contributed by atoms with Crippen LogP contribution in [0.1, 0.15) is 227 Å². The van der Waals surface area contributed by atoms with Crippen molar-refractivity contribution < 1.29 is 105 Å². The predicted molar refractivity (Wildman–Crippen MR) is 577 cm³/mol. The Morgan fingerprint density at radius 1 is 0.486 bits per heavy atom. The third kappa shape index (κ3) is 46.9. The molecular weight excluding hydrogens is 1940 g/mol. The summed E-state index contributed by atoms with van der Waals surface area (Å²) < 4.78 is 57.2. The van der Waals surface area contributed by atoms with Gasteiger partial charge in [-0.25, -0.2) is 48.3 Å². The predicted octanol–water partition coefficient (Wildman–Crippen LogP) is 15.8. The van der Waals surface area contributed by atoms with Gasteiger partial charge >= 0.3 is 59.7 Å². The van der Waals surface area contributed by atoms with Gasteiger partial charge in [-0.3, -0.25) is 29.0 Å². The lowest BCUT2D eigenvalue weighted by atomic mass is 9.98. The molecule has 0 radical (unpaired) electrons. The minimum Gasteiger partial charge on any atom is -0.469 e. The monoisotopic (exact) mass is 2090 g/mol. The normalized spacial score (nSPS) is 10.6. The summed E-state index contributed by atoms with van der Waals surface area (Å²) in [4.78, 5) is 147. The molecule has 148 heavy (non-hydrogen) atoms. The number of fused-ring (bicyclic) bond motifs is 1. The van der Waals surface area contributed by atoms with Crippen LogP contribution in [0.2, 0.25) is 0 Å². The van der Waals surface area contributed by atoms with Gasteiger partial charge in [-0.05, 0) is 190 Å². The first-order chi connectivity index (χ1) is 70.9. The van der Waals surface area contributed by atoms with Gasteiger partial charge in [0.1, 0.15) is 27.8 Å². The molecule has 0 bridgehead atoms. The molecule has 1 amide bonds. The summed E-state index contributed by atoms with van der Waals surface area (Å²) in [7, 11) is 31.0. The second-order valence-electron chi connectivity index (χ2n) is 31.3. The lowest BCUT2D eigenvalue weighted by Crippen LogP contribution is -2.26. The molecule has 1 unspecified atom stereocenters.